The number of benzene rings is 1. The first-order chi connectivity index (χ1) is 9.34. The maximum atomic E-state index is 12.2. The summed E-state index contributed by atoms with van der Waals surface area (Å²) in [6, 6.07) is 7.68. The van der Waals surface area contributed by atoms with Gasteiger partial charge in [0.2, 0.25) is 0 Å². The Labute approximate surface area is 112 Å². The summed E-state index contributed by atoms with van der Waals surface area (Å²) in [6.45, 7) is 2.31. The number of rotatable bonds is 3. The third-order valence-electron chi connectivity index (χ3n) is 3.65. The highest BCUT2D eigenvalue weighted by atomic mass is 16.5. The van der Waals surface area contributed by atoms with Crippen LogP contribution in [0.2, 0.25) is 0 Å². The van der Waals surface area contributed by atoms with Gasteiger partial charge in [-0.25, -0.2) is 0 Å². The lowest BCUT2D eigenvalue weighted by atomic mass is 10.0. The monoisotopic (exact) mass is 258 g/mol. The molecule has 2 aromatic rings. The molecule has 19 heavy (non-hydrogen) atoms. The number of aromatic amines is 1. The maximum absolute atomic E-state index is 12.2. The third-order valence-corrected chi connectivity index (χ3v) is 3.65. The molecule has 1 aromatic heterocycles. The number of hydrogen-bond acceptors (Lipinski definition) is 2. The number of H-pyrrole nitrogens is 1. The van der Waals surface area contributed by atoms with Gasteiger partial charge in [0, 0.05) is 35.8 Å². The van der Waals surface area contributed by atoms with Crippen LogP contribution in [0.4, 0.5) is 0 Å². The van der Waals surface area contributed by atoms with Crippen molar-refractivity contribution in [3.05, 3.63) is 36.0 Å². The summed E-state index contributed by atoms with van der Waals surface area (Å²) in [5.74, 6) is 0.443. The fourth-order valence-electron chi connectivity index (χ4n) is 2.58. The number of hydrogen-bond donors (Lipinski definition) is 2. The van der Waals surface area contributed by atoms with E-state index in [1.165, 1.54) is 0 Å². The summed E-state index contributed by atoms with van der Waals surface area (Å²) in [5.41, 5.74) is 1.73. The first-order valence-electron chi connectivity index (χ1n) is 6.76. The lowest BCUT2D eigenvalue weighted by Gasteiger charge is -2.22. The number of ether oxygens (including phenoxy) is 1. The lowest BCUT2D eigenvalue weighted by Crippen LogP contribution is -2.33. The summed E-state index contributed by atoms with van der Waals surface area (Å²) in [4.78, 5) is 15.4. The molecule has 1 aliphatic heterocycles. The van der Waals surface area contributed by atoms with E-state index in [4.69, 9.17) is 4.74 Å². The SMILES string of the molecule is O=C(NCC1CCCOC1)c1cccc2[nH]ccc12. The third kappa shape index (κ3) is 2.63. The number of carbonyl (C=O) groups is 1. The normalized spacial score (nSPS) is 19.5. The van der Waals surface area contributed by atoms with Crippen LogP contribution >= 0.6 is 0 Å². The fraction of sp³-hybridized carbons (Fsp3) is 0.400. The fourth-order valence-corrected chi connectivity index (χ4v) is 2.58. The number of nitrogens with one attached hydrogen (secondary N) is 2. The molecular weight excluding hydrogens is 240 g/mol. The largest absolute Gasteiger partial charge is 0.381 e. The molecule has 4 heteroatoms. The van der Waals surface area contributed by atoms with Gasteiger partial charge >= 0.3 is 0 Å². The van der Waals surface area contributed by atoms with Crippen LogP contribution in [0, 0.1) is 5.92 Å². The molecule has 0 saturated carbocycles. The van der Waals surface area contributed by atoms with Crippen molar-refractivity contribution in [3.8, 4) is 0 Å². The molecule has 2 heterocycles. The number of amides is 1. The molecule has 1 amide bonds. The van der Waals surface area contributed by atoms with Crippen LogP contribution < -0.4 is 5.32 Å². The van der Waals surface area contributed by atoms with Gasteiger partial charge in [0.15, 0.2) is 0 Å². The van der Waals surface area contributed by atoms with Gasteiger partial charge in [-0.2, -0.15) is 0 Å². The summed E-state index contributed by atoms with van der Waals surface area (Å²) < 4.78 is 5.42. The van der Waals surface area contributed by atoms with Gasteiger partial charge in [-0.15, -0.1) is 0 Å². The van der Waals surface area contributed by atoms with E-state index >= 15 is 0 Å². The summed E-state index contributed by atoms with van der Waals surface area (Å²) >= 11 is 0. The van der Waals surface area contributed by atoms with Gasteiger partial charge < -0.3 is 15.0 Å². The van der Waals surface area contributed by atoms with Crippen LogP contribution in [0.15, 0.2) is 30.5 Å². The standard InChI is InChI=1S/C15H18N2O2/c18-15(17-9-11-3-2-8-19-10-11)13-4-1-5-14-12(13)6-7-16-14/h1,4-7,11,16H,2-3,8-10H2,(H,17,18). The topological polar surface area (TPSA) is 54.1 Å². The molecule has 4 nitrogen and oxygen atoms in total. The highest BCUT2D eigenvalue weighted by Crippen LogP contribution is 2.18. The van der Waals surface area contributed by atoms with E-state index in [0.29, 0.717) is 12.5 Å². The second kappa shape index (κ2) is 5.45. The zero-order valence-electron chi connectivity index (χ0n) is 10.8. The molecule has 3 rings (SSSR count). The Morgan fingerprint density at radius 1 is 1.42 bits per heavy atom. The summed E-state index contributed by atoms with van der Waals surface area (Å²) in [6.07, 6.45) is 4.08. The average Bonchev–Trinajstić information content (AvgIpc) is 2.94. The minimum atomic E-state index is -0.00391. The first-order valence-corrected chi connectivity index (χ1v) is 6.76. The van der Waals surface area contributed by atoms with E-state index in [2.05, 4.69) is 10.3 Å². The highest BCUT2D eigenvalue weighted by molar-refractivity contribution is 6.06. The number of fused-ring (bicyclic) bond motifs is 1. The molecule has 1 saturated heterocycles. The molecule has 0 aliphatic carbocycles. The van der Waals surface area contributed by atoms with Crippen molar-refractivity contribution in [1.82, 2.24) is 10.3 Å². The van der Waals surface area contributed by atoms with Gasteiger partial charge in [0.25, 0.3) is 5.91 Å². The Kier molecular flexibility index (Phi) is 3.51. The molecule has 0 bridgehead atoms. The Hall–Kier alpha value is -1.81. The molecule has 1 aromatic carbocycles. The Balaban J connectivity index is 1.68. The van der Waals surface area contributed by atoms with Crippen LogP contribution in [0.3, 0.4) is 0 Å². The summed E-state index contributed by atoms with van der Waals surface area (Å²) in [7, 11) is 0. The van der Waals surface area contributed by atoms with Crippen LogP contribution in [-0.4, -0.2) is 30.6 Å². The van der Waals surface area contributed by atoms with Gasteiger partial charge in [0.05, 0.1) is 6.61 Å². The predicted octanol–water partition coefficient (Wildman–Crippen LogP) is 2.32. The van der Waals surface area contributed by atoms with E-state index in [1.54, 1.807) is 0 Å². The van der Waals surface area contributed by atoms with E-state index in [0.717, 1.165) is 42.5 Å². The smallest absolute Gasteiger partial charge is 0.251 e. The Morgan fingerprint density at radius 3 is 3.21 bits per heavy atom. The van der Waals surface area contributed by atoms with Crippen molar-refractivity contribution >= 4 is 16.8 Å². The van der Waals surface area contributed by atoms with E-state index in [9.17, 15) is 4.79 Å². The lowest BCUT2D eigenvalue weighted by molar-refractivity contribution is 0.0536. The number of aromatic nitrogens is 1. The van der Waals surface area contributed by atoms with Gasteiger partial charge in [-0.05, 0) is 37.0 Å². The molecular formula is C15H18N2O2. The second-order valence-corrected chi connectivity index (χ2v) is 5.04. The quantitative estimate of drug-likeness (QED) is 0.887. The van der Waals surface area contributed by atoms with Crippen molar-refractivity contribution in [1.29, 1.82) is 0 Å². The molecule has 0 spiro atoms. The minimum Gasteiger partial charge on any atom is -0.381 e. The van der Waals surface area contributed by atoms with Crippen LogP contribution in [-0.2, 0) is 4.74 Å². The molecule has 1 atom stereocenters. The van der Waals surface area contributed by atoms with E-state index in [-0.39, 0.29) is 5.91 Å². The molecule has 1 unspecified atom stereocenters. The van der Waals surface area contributed by atoms with Gasteiger partial charge in [0.1, 0.15) is 0 Å². The van der Waals surface area contributed by atoms with Crippen LogP contribution in [0.25, 0.3) is 10.9 Å². The van der Waals surface area contributed by atoms with Crippen LogP contribution in [0.5, 0.6) is 0 Å². The Morgan fingerprint density at radius 2 is 2.37 bits per heavy atom. The minimum absolute atomic E-state index is 0.00391. The molecule has 2 N–H and O–H groups in total. The molecule has 1 aliphatic rings. The molecule has 100 valence electrons. The van der Waals surface area contributed by atoms with Crippen molar-refractivity contribution in [2.75, 3.05) is 19.8 Å². The van der Waals surface area contributed by atoms with E-state index in [1.807, 2.05) is 30.5 Å². The van der Waals surface area contributed by atoms with Gasteiger partial charge in [-0.1, -0.05) is 6.07 Å². The Bertz CT molecular complexity index is 570. The van der Waals surface area contributed by atoms with Crippen molar-refractivity contribution < 1.29 is 9.53 Å². The van der Waals surface area contributed by atoms with Crippen molar-refractivity contribution in [2.24, 2.45) is 5.92 Å². The highest BCUT2D eigenvalue weighted by Gasteiger charge is 2.16. The average molecular weight is 258 g/mol. The zero-order chi connectivity index (χ0) is 13.1. The number of carbonyl (C=O) groups excluding carboxylic acids is 1. The van der Waals surface area contributed by atoms with Crippen molar-refractivity contribution in [2.45, 2.75) is 12.8 Å². The zero-order valence-corrected chi connectivity index (χ0v) is 10.8. The van der Waals surface area contributed by atoms with Gasteiger partial charge in [-0.3, -0.25) is 4.79 Å². The summed E-state index contributed by atoms with van der Waals surface area (Å²) in [5, 5.41) is 3.99. The van der Waals surface area contributed by atoms with E-state index < -0.39 is 0 Å². The maximum Gasteiger partial charge on any atom is 0.251 e. The first kappa shape index (κ1) is 12.2. The molecule has 1 fully saturated rings. The van der Waals surface area contributed by atoms with Crippen molar-refractivity contribution in [3.63, 3.8) is 0 Å². The second-order valence-electron chi connectivity index (χ2n) is 5.04. The van der Waals surface area contributed by atoms with Crippen LogP contribution in [0.1, 0.15) is 23.2 Å². The molecule has 0 radical (unpaired) electrons. The predicted molar refractivity (Wildman–Crippen MR) is 74.2 cm³/mol.